The van der Waals surface area contributed by atoms with E-state index in [0.717, 1.165) is 21.4 Å². The third-order valence-corrected chi connectivity index (χ3v) is 32.1. The fourth-order valence-electron chi connectivity index (χ4n) is 11.3. The Balaban J connectivity index is 0.000000146. The summed E-state index contributed by atoms with van der Waals surface area (Å²) < 4.78 is 30.9. The number of nitrogens with zero attached hydrogens (tertiary/aromatic N) is 2. The molecule has 0 saturated heterocycles. The zero-order chi connectivity index (χ0) is 53.3. The van der Waals surface area contributed by atoms with E-state index in [2.05, 4.69) is 328 Å². The average molecular weight is 1880 g/mol. The SMILES string of the molecule is Cc1ccc(-c2c(I)c3sc4cc5c(cc4c3n2C)sc2c(I)c(-c3ccc(C)cc3I)n(C)c25)c(I)c1.Cc1ccc(C2=C(Br)c3sc4cc5c(cc4c3[Si]2(C)C)sc2c(Br)c(-c3ccc(C)cc3I)oc25)c(I)c1. The smallest absolute Gasteiger partial charge is 0.154 e. The number of fused-ring (bicyclic) bond motifs is 12. The van der Waals surface area contributed by atoms with Gasteiger partial charge in [-0.1, -0.05) is 77.8 Å². The van der Waals surface area contributed by atoms with Crippen molar-refractivity contribution in [1.29, 1.82) is 0 Å². The molecule has 3 nitrogen and oxygen atoms in total. The van der Waals surface area contributed by atoms with Gasteiger partial charge >= 0.3 is 0 Å². The van der Waals surface area contributed by atoms with Crippen molar-refractivity contribution in [3.63, 3.8) is 0 Å². The van der Waals surface area contributed by atoms with Crippen LogP contribution in [0.25, 0.3) is 115 Å². The van der Waals surface area contributed by atoms with Gasteiger partial charge in [0, 0.05) is 89.4 Å². The Kier molecular flexibility index (Phi) is 14.4. The fourth-order valence-corrected chi connectivity index (χ4v) is 29.8. The lowest BCUT2D eigenvalue weighted by Crippen LogP contribution is -2.40. The van der Waals surface area contributed by atoms with Crippen molar-refractivity contribution in [2.45, 2.75) is 40.8 Å². The first-order valence-corrected chi connectivity index (χ1v) is 38.4. The molecule has 0 unspecified atom stereocenters. The molecule has 16 heteroatoms. The van der Waals surface area contributed by atoms with Crippen molar-refractivity contribution in [1.82, 2.24) is 9.13 Å². The van der Waals surface area contributed by atoms with Gasteiger partial charge in [-0.2, -0.15) is 0 Å². The molecule has 14 rings (SSSR count). The second-order valence-corrected chi connectivity index (χ2v) is 37.1. The van der Waals surface area contributed by atoms with Gasteiger partial charge in [0.25, 0.3) is 0 Å². The predicted molar refractivity (Wildman–Crippen MR) is 396 cm³/mol. The maximum atomic E-state index is 6.60. The Bertz CT molecular complexity index is 4600. The Morgan fingerprint density at radius 3 is 1.34 bits per heavy atom. The molecule has 0 aliphatic carbocycles. The molecule has 0 saturated carbocycles. The molecule has 0 amide bonds. The summed E-state index contributed by atoms with van der Waals surface area (Å²) in [6.07, 6.45) is 0. The number of aromatic nitrogens is 2. The first kappa shape index (κ1) is 54.3. The van der Waals surface area contributed by atoms with E-state index in [1.807, 2.05) is 45.3 Å². The van der Waals surface area contributed by atoms with E-state index in [-0.39, 0.29) is 0 Å². The van der Waals surface area contributed by atoms with Crippen molar-refractivity contribution in [2.24, 2.45) is 14.1 Å². The lowest BCUT2D eigenvalue weighted by molar-refractivity contribution is 0.633. The standard InChI is InChI=1S/C30H20Br2I2OS2Si.C30H20I4N2S2/c1-13-5-7-15(19(33)9-13)25-23(31)27-26(35-25)17-11-22-18(12-21(17)36-27)30-28(37-22)24(32)29(38(30,3)4)16-8-6-14(2)10-20(16)34;1-13-5-7-15(19(31)9-13)25-23(33)29-27(35(25)3)17-11-22-18(12-21(17)37-29)28-30(38-22)24(34)26(36(28)4)16-8-6-14(2)10-20(16)32/h2*5-12H,1-4H3. The minimum atomic E-state index is -1.93. The van der Waals surface area contributed by atoms with Gasteiger partial charge in [-0.3, -0.25) is 0 Å². The van der Waals surface area contributed by atoms with E-state index in [4.69, 9.17) is 4.42 Å². The van der Waals surface area contributed by atoms with Crippen molar-refractivity contribution in [2.75, 3.05) is 0 Å². The van der Waals surface area contributed by atoms with E-state index in [0.29, 0.717) is 0 Å². The topological polar surface area (TPSA) is 23.0 Å². The van der Waals surface area contributed by atoms with Gasteiger partial charge in [-0.15, -0.1) is 45.3 Å². The molecular formula is C60H40Br2I6N2OS4Si. The van der Waals surface area contributed by atoms with Crippen LogP contribution >= 0.6 is 213 Å². The Morgan fingerprint density at radius 2 is 0.868 bits per heavy atom. The number of halogens is 8. The maximum Gasteiger partial charge on any atom is 0.154 e. The molecule has 0 atom stereocenters. The summed E-state index contributed by atoms with van der Waals surface area (Å²) in [5.74, 6) is 0.919. The highest BCUT2D eigenvalue weighted by atomic mass is 127. The maximum absolute atomic E-state index is 6.60. The van der Waals surface area contributed by atoms with E-state index in [1.54, 1.807) is 5.19 Å². The molecule has 6 aromatic carbocycles. The molecule has 13 aromatic rings. The molecule has 0 bridgehead atoms. The van der Waals surface area contributed by atoms with Crippen LogP contribution in [0.15, 0.2) is 106 Å². The van der Waals surface area contributed by atoms with Crippen molar-refractivity contribution < 1.29 is 4.42 Å². The van der Waals surface area contributed by atoms with Crippen LogP contribution < -0.4 is 5.19 Å². The van der Waals surface area contributed by atoms with Gasteiger partial charge in [0.05, 0.1) is 48.1 Å². The highest BCUT2D eigenvalue weighted by Gasteiger charge is 2.43. The third kappa shape index (κ3) is 8.52. The van der Waals surface area contributed by atoms with Crippen molar-refractivity contribution >= 4 is 307 Å². The second kappa shape index (κ2) is 20.2. The predicted octanol–water partition coefficient (Wildman–Crippen LogP) is 23.3. The number of hydrogen-bond donors (Lipinski definition) is 0. The van der Waals surface area contributed by atoms with Gasteiger partial charge in [0.15, 0.2) is 11.3 Å². The number of thiophene rings is 4. The van der Waals surface area contributed by atoms with Gasteiger partial charge in [-0.25, -0.2) is 0 Å². The van der Waals surface area contributed by atoms with E-state index in [1.165, 1.54) is 152 Å². The lowest BCUT2D eigenvalue weighted by Gasteiger charge is -2.23. The van der Waals surface area contributed by atoms with Crippen LogP contribution in [0, 0.1) is 49.1 Å². The molecule has 1 aliphatic rings. The Hall–Kier alpha value is -0.923. The number of furan rings is 1. The second-order valence-electron chi connectivity index (χ2n) is 20.3. The molecule has 0 spiro atoms. The first-order chi connectivity index (χ1) is 36.2. The average Bonchev–Trinajstić information content (AvgIpc) is 4.41. The minimum absolute atomic E-state index is 0.919. The minimum Gasteiger partial charge on any atom is -0.453 e. The molecule has 8 heterocycles. The van der Waals surface area contributed by atoms with Crippen LogP contribution in [0.1, 0.15) is 32.7 Å². The highest BCUT2D eigenvalue weighted by Crippen LogP contribution is 2.53. The van der Waals surface area contributed by atoms with Gasteiger partial charge in [0.2, 0.25) is 0 Å². The van der Waals surface area contributed by atoms with Crippen LogP contribution in [0.4, 0.5) is 0 Å². The third-order valence-electron chi connectivity index (χ3n) is 14.8. The molecule has 380 valence electrons. The molecular weight excluding hydrogens is 1840 g/mol. The molecule has 1 aliphatic heterocycles. The summed E-state index contributed by atoms with van der Waals surface area (Å²) in [6.45, 7) is 13.6. The number of hydrogen-bond acceptors (Lipinski definition) is 5. The lowest BCUT2D eigenvalue weighted by atomic mass is 10.1. The first-order valence-electron chi connectivity index (χ1n) is 24.1. The number of benzene rings is 6. The summed E-state index contributed by atoms with van der Waals surface area (Å²) in [6, 6.07) is 36.6. The van der Waals surface area contributed by atoms with E-state index < -0.39 is 8.07 Å². The summed E-state index contributed by atoms with van der Waals surface area (Å²) in [5, 5.41) is 8.43. The van der Waals surface area contributed by atoms with Crippen LogP contribution in [-0.2, 0) is 14.1 Å². The van der Waals surface area contributed by atoms with Gasteiger partial charge < -0.3 is 13.6 Å². The Morgan fingerprint density at radius 1 is 0.474 bits per heavy atom. The molecule has 7 aromatic heterocycles. The number of aryl methyl sites for hydroxylation is 6. The van der Waals surface area contributed by atoms with Crippen LogP contribution in [0.2, 0.25) is 13.1 Å². The quantitative estimate of drug-likeness (QED) is 0.127. The largest absolute Gasteiger partial charge is 0.453 e. The van der Waals surface area contributed by atoms with Crippen LogP contribution in [-0.4, -0.2) is 17.2 Å². The van der Waals surface area contributed by atoms with Crippen LogP contribution in [0.5, 0.6) is 0 Å². The summed E-state index contributed by atoms with van der Waals surface area (Å²) in [4.78, 5) is 1.41. The summed E-state index contributed by atoms with van der Waals surface area (Å²) in [5.41, 5.74) is 16.6. The molecule has 76 heavy (non-hydrogen) atoms. The van der Waals surface area contributed by atoms with E-state index in [9.17, 15) is 0 Å². The highest BCUT2D eigenvalue weighted by molar-refractivity contribution is 14.1. The Labute approximate surface area is 555 Å². The molecule has 0 fully saturated rings. The van der Waals surface area contributed by atoms with Crippen molar-refractivity contribution in [3.05, 3.63) is 156 Å². The number of rotatable bonds is 4. The van der Waals surface area contributed by atoms with E-state index >= 15 is 0 Å². The summed E-state index contributed by atoms with van der Waals surface area (Å²) in [7, 11) is 2.53. The van der Waals surface area contributed by atoms with Gasteiger partial charge in [0.1, 0.15) is 8.07 Å². The zero-order valence-electron chi connectivity index (χ0n) is 41.7. The fraction of sp³-hybridized carbons (Fsp3) is 0.133. The molecule has 0 N–H and O–H groups in total. The monoisotopic (exact) mass is 1880 g/mol. The normalized spacial score (nSPS) is 13.6. The summed E-state index contributed by atoms with van der Waals surface area (Å²) >= 11 is 30.6. The zero-order valence-corrected chi connectivity index (χ0v) is 62.1. The van der Waals surface area contributed by atoms with Crippen LogP contribution in [0.3, 0.4) is 0 Å². The molecule has 0 radical (unpaired) electrons. The van der Waals surface area contributed by atoms with Gasteiger partial charge in [-0.05, 0) is 271 Å². The van der Waals surface area contributed by atoms with Crippen molar-refractivity contribution in [3.8, 4) is 33.8 Å².